The minimum absolute atomic E-state index is 0.0240. The lowest BCUT2D eigenvalue weighted by Gasteiger charge is -2.43. The van der Waals surface area contributed by atoms with Crippen LogP contribution in [0.2, 0.25) is 0 Å². The Balaban J connectivity index is 0.000000194. The van der Waals surface area contributed by atoms with E-state index in [4.69, 9.17) is 29.8 Å². The molecule has 6 heterocycles. The van der Waals surface area contributed by atoms with E-state index < -0.39 is 0 Å². The first-order valence-corrected chi connectivity index (χ1v) is 22.2. The fourth-order valence-corrected chi connectivity index (χ4v) is 9.86. The van der Waals surface area contributed by atoms with Crippen LogP contribution < -0.4 is 25.0 Å². The molecule has 5 saturated heterocycles. The van der Waals surface area contributed by atoms with Crippen LogP contribution in [0.1, 0.15) is 62.0 Å². The van der Waals surface area contributed by atoms with Crippen molar-refractivity contribution >= 4 is 28.3 Å². The molecule has 0 aromatic heterocycles. The lowest BCUT2D eigenvalue weighted by Crippen LogP contribution is -2.52. The number of hydrogen-bond donors (Lipinski definition) is 2. The zero-order valence-electron chi connectivity index (χ0n) is 37.0. The average Bonchev–Trinajstić information content (AvgIpc) is 3.30. The van der Waals surface area contributed by atoms with Crippen LogP contribution in [0.15, 0.2) is 30.3 Å². The fourth-order valence-electron chi connectivity index (χ4n) is 9.86. The predicted octanol–water partition coefficient (Wildman–Crippen LogP) is 4.62. The Kier molecular flexibility index (Phi) is 17.1. The van der Waals surface area contributed by atoms with E-state index in [1.54, 1.807) is 13.2 Å². The third-order valence-corrected chi connectivity index (χ3v) is 13.6. The van der Waals surface area contributed by atoms with Crippen LogP contribution in [0.5, 0.6) is 11.5 Å². The van der Waals surface area contributed by atoms with E-state index >= 15 is 0 Å². The average molecular weight is 837 g/mol. The Labute approximate surface area is 358 Å². The lowest BCUT2D eigenvalue weighted by atomic mass is 9.88. The Morgan fingerprint density at radius 1 is 0.683 bits per heavy atom. The molecular weight excluding hydrogens is 765 g/mol. The monoisotopic (exact) mass is 837 g/mol. The number of aliphatic hydroxyl groups is 1. The van der Waals surface area contributed by atoms with Crippen LogP contribution in [0.4, 0.5) is 22.7 Å². The molecule has 0 bridgehead atoms. The molecule has 0 atom stereocenters. The molecule has 0 aliphatic carbocycles. The SMILES string of the molecule is CO.COc1cc(N2CCC(N3CCN(C)CC3)CC2)c(C2=CCOCC2)cc1[N+](=O)[O-].COc1cc(N2CCC(N3CCN(C)CC3)CC2)c(C2CCOCC2)cc1N. The Hall–Kier alpha value is -3.70. The molecule has 8 rings (SSSR count). The van der Waals surface area contributed by atoms with Gasteiger partial charge in [0.2, 0.25) is 0 Å². The summed E-state index contributed by atoms with van der Waals surface area (Å²) in [5, 5.41) is 18.6. The van der Waals surface area contributed by atoms with Crippen molar-refractivity contribution in [1.82, 2.24) is 19.6 Å². The number of rotatable bonds is 9. The Bertz CT molecular complexity index is 1690. The summed E-state index contributed by atoms with van der Waals surface area (Å²) in [6.45, 7) is 16.4. The minimum atomic E-state index is -0.356. The van der Waals surface area contributed by atoms with E-state index in [-0.39, 0.29) is 10.6 Å². The summed E-state index contributed by atoms with van der Waals surface area (Å²) in [5.41, 5.74) is 12.9. The van der Waals surface area contributed by atoms with Gasteiger partial charge in [-0.15, -0.1) is 0 Å². The molecule has 5 fully saturated rings. The number of aliphatic hydroxyl groups excluding tert-OH is 1. The molecule has 3 N–H and O–H groups in total. The molecule has 15 heteroatoms. The van der Waals surface area contributed by atoms with E-state index in [2.05, 4.69) is 61.7 Å². The standard InChI is InChI=1S/C22H32N4O4.C22H36N4O2.CH4O/c1-23-9-11-24(12-10-23)18-3-7-25(8-4-18)20-16-22(29-2)21(26(27)28)15-19(20)17-5-13-30-14-6-17;1-24-9-11-25(12-10-24)18-3-7-26(8-4-18)21-16-22(27-2)20(23)15-19(21)17-5-13-28-14-6-17;1-2/h5,15-16,18H,3-4,6-14H2,1-2H3;15-18H,3-14,23H2,1-2H3;2H,1H3. The molecule has 15 nitrogen and oxygen atoms in total. The molecular formula is C45H72N8O7. The van der Waals surface area contributed by atoms with E-state index in [0.29, 0.717) is 30.9 Å². The summed E-state index contributed by atoms with van der Waals surface area (Å²) >= 11 is 0. The first-order valence-electron chi connectivity index (χ1n) is 22.2. The van der Waals surface area contributed by atoms with Crippen molar-refractivity contribution in [2.24, 2.45) is 0 Å². The maximum atomic E-state index is 11.6. The van der Waals surface area contributed by atoms with Crippen LogP contribution in [-0.2, 0) is 9.47 Å². The van der Waals surface area contributed by atoms with E-state index in [1.165, 1.54) is 57.4 Å². The smallest absolute Gasteiger partial charge is 0.311 e. The van der Waals surface area contributed by atoms with Crippen molar-refractivity contribution in [2.75, 3.05) is 156 Å². The Morgan fingerprint density at radius 3 is 1.68 bits per heavy atom. The quantitative estimate of drug-likeness (QED) is 0.206. The molecule has 0 unspecified atom stereocenters. The summed E-state index contributed by atoms with van der Waals surface area (Å²) in [6, 6.07) is 9.25. The number of nitro benzene ring substituents is 1. The lowest BCUT2D eigenvalue weighted by molar-refractivity contribution is -0.385. The number of ether oxygens (including phenoxy) is 4. The number of piperazine rings is 2. The van der Waals surface area contributed by atoms with Gasteiger partial charge in [-0.05, 0) is 82.2 Å². The zero-order valence-corrected chi connectivity index (χ0v) is 37.0. The summed E-state index contributed by atoms with van der Waals surface area (Å²) in [5.74, 6) is 1.66. The van der Waals surface area contributed by atoms with Crippen LogP contribution in [0, 0.1) is 10.1 Å². The minimum Gasteiger partial charge on any atom is -0.495 e. The molecule has 0 spiro atoms. The third-order valence-electron chi connectivity index (χ3n) is 13.6. The molecule has 6 aliphatic rings. The number of nitro groups is 1. The molecule has 0 saturated carbocycles. The largest absolute Gasteiger partial charge is 0.495 e. The number of hydrogen-bond acceptors (Lipinski definition) is 14. The number of anilines is 3. The predicted molar refractivity (Wildman–Crippen MR) is 240 cm³/mol. The van der Waals surface area contributed by atoms with Gasteiger partial charge in [0, 0.05) is 146 Å². The highest BCUT2D eigenvalue weighted by atomic mass is 16.6. The summed E-state index contributed by atoms with van der Waals surface area (Å²) in [7, 11) is 8.63. The molecule has 6 aliphatic heterocycles. The molecule has 2 aromatic carbocycles. The van der Waals surface area contributed by atoms with Crippen LogP contribution in [0.25, 0.3) is 5.57 Å². The fraction of sp³-hybridized carbons (Fsp3) is 0.689. The van der Waals surface area contributed by atoms with Gasteiger partial charge in [-0.25, -0.2) is 0 Å². The zero-order chi connectivity index (χ0) is 42.6. The molecule has 2 aromatic rings. The highest BCUT2D eigenvalue weighted by molar-refractivity contribution is 5.81. The van der Waals surface area contributed by atoms with Gasteiger partial charge in [0.25, 0.3) is 0 Å². The molecule has 60 heavy (non-hydrogen) atoms. The van der Waals surface area contributed by atoms with Crippen molar-refractivity contribution in [3.8, 4) is 11.5 Å². The summed E-state index contributed by atoms with van der Waals surface area (Å²) < 4.78 is 22.0. The van der Waals surface area contributed by atoms with Crippen LogP contribution in [-0.4, -0.2) is 182 Å². The maximum absolute atomic E-state index is 11.6. The van der Waals surface area contributed by atoms with E-state index in [1.807, 2.05) is 6.07 Å². The number of methoxy groups -OCH3 is 2. The van der Waals surface area contributed by atoms with Gasteiger partial charge in [0.1, 0.15) is 5.75 Å². The van der Waals surface area contributed by atoms with Gasteiger partial charge in [0.05, 0.1) is 38.0 Å². The third kappa shape index (κ3) is 11.4. The number of nitrogen functional groups attached to an aromatic ring is 1. The van der Waals surface area contributed by atoms with Gasteiger partial charge in [-0.2, -0.15) is 0 Å². The number of nitrogens with two attached hydrogens (primary N) is 1. The number of nitrogens with zero attached hydrogens (tertiary/aromatic N) is 7. The second-order valence-corrected chi connectivity index (χ2v) is 17.0. The second-order valence-electron chi connectivity index (χ2n) is 17.0. The van der Waals surface area contributed by atoms with E-state index in [0.717, 1.165) is 139 Å². The van der Waals surface area contributed by atoms with Crippen molar-refractivity contribution < 1.29 is 29.0 Å². The van der Waals surface area contributed by atoms with Crippen LogP contribution >= 0.6 is 0 Å². The van der Waals surface area contributed by atoms with Crippen molar-refractivity contribution in [3.05, 3.63) is 51.6 Å². The van der Waals surface area contributed by atoms with Crippen molar-refractivity contribution in [3.63, 3.8) is 0 Å². The number of benzene rings is 2. The Morgan fingerprint density at radius 2 is 1.20 bits per heavy atom. The first kappa shape index (κ1) is 45.8. The van der Waals surface area contributed by atoms with Gasteiger partial charge in [-0.3, -0.25) is 19.9 Å². The maximum Gasteiger partial charge on any atom is 0.311 e. The van der Waals surface area contributed by atoms with Gasteiger partial charge in [0.15, 0.2) is 5.75 Å². The highest BCUT2D eigenvalue weighted by Crippen LogP contribution is 2.42. The van der Waals surface area contributed by atoms with Crippen molar-refractivity contribution in [2.45, 2.75) is 62.9 Å². The molecule has 334 valence electrons. The first-order chi connectivity index (χ1) is 29.2. The molecule has 0 amide bonds. The van der Waals surface area contributed by atoms with Crippen LogP contribution in [0.3, 0.4) is 0 Å². The number of likely N-dealkylation sites (N-methyl/N-ethyl adjacent to an activating group) is 2. The highest BCUT2D eigenvalue weighted by Gasteiger charge is 2.32. The van der Waals surface area contributed by atoms with Gasteiger partial charge >= 0.3 is 5.69 Å². The number of piperidine rings is 2. The summed E-state index contributed by atoms with van der Waals surface area (Å²) in [4.78, 5) is 26.4. The topological polar surface area (TPSA) is 146 Å². The van der Waals surface area contributed by atoms with Gasteiger partial charge < -0.3 is 49.4 Å². The second kappa shape index (κ2) is 22.4. The molecule has 0 radical (unpaired) electrons. The van der Waals surface area contributed by atoms with Crippen molar-refractivity contribution in [1.29, 1.82) is 0 Å². The van der Waals surface area contributed by atoms with E-state index in [9.17, 15) is 10.1 Å². The normalized spacial score (nSPS) is 22.3. The summed E-state index contributed by atoms with van der Waals surface area (Å²) in [6.07, 6.45) is 9.69. The van der Waals surface area contributed by atoms with Gasteiger partial charge in [-0.1, -0.05) is 6.08 Å².